The molecule has 0 radical (unpaired) electrons. The zero-order chi connectivity index (χ0) is 22.3. The maximum Gasteiger partial charge on any atom is 0.412 e. The summed E-state index contributed by atoms with van der Waals surface area (Å²) in [4.78, 5) is 25.6. The first-order valence-corrected chi connectivity index (χ1v) is 12.0. The van der Waals surface area contributed by atoms with Crippen molar-refractivity contribution in [1.82, 2.24) is 10.6 Å². The Labute approximate surface area is 190 Å². The highest BCUT2D eigenvalue weighted by atomic mass is 16.6. The summed E-state index contributed by atoms with van der Waals surface area (Å²) in [6.45, 7) is 4.72. The number of ether oxygens (including phenoxy) is 1. The number of amides is 1. The first kappa shape index (κ1) is 22.5. The molecule has 0 spiro atoms. The molecule has 2 atom stereocenters. The number of hydrogen-bond donors (Lipinski definition) is 2. The van der Waals surface area contributed by atoms with Gasteiger partial charge >= 0.3 is 6.09 Å². The lowest BCUT2D eigenvalue weighted by atomic mass is 9.72. The van der Waals surface area contributed by atoms with Crippen LogP contribution < -0.4 is 15.4 Å². The molecule has 1 heterocycles. The van der Waals surface area contributed by atoms with Gasteiger partial charge in [-0.2, -0.15) is 0 Å². The molecule has 1 aliphatic carbocycles. The molecular formula is C27H34N2O3. The van der Waals surface area contributed by atoms with E-state index < -0.39 is 6.09 Å². The van der Waals surface area contributed by atoms with Crippen molar-refractivity contribution in [3.8, 4) is 5.75 Å². The molecule has 2 aliphatic rings. The molecule has 5 nitrogen and oxygen atoms in total. The molecule has 2 unspecified atom stereocenters. The van der Waals surface area contributed by atoms with Gasteiger partial charge in [0.05, 0.1) is 0 Å². The molecule has 2 aromatic rings. The minimum Gasteiger partial charge on any atom is -0.410 e. The number of nitrogens with one attached hydrogen (secondary N) is 2. The Morgan fingerprint density at radius 2 is 1.94 bits per heavy atom. The van der Waals surface area contributed by atoms with Crippen LogP contribution in [0.15, 0.2) is 48.5 Å². The van der Waals surface area contributed by atoms with E-state index in [0.29, 0.717) is 24.1 Å². The number of rotatable bonds is 8. The monoisotopic (exact) mass is 434 g/mol. The highest BCUT2D eigenvalue weighted by Gasteiger charge is 2.40. The van der Waals surface area contributed by atoms with E-state index in [1.54, 1.807) is 6.07 Å². The quantitative estimate of drug-likeness (QED) is 0.586. The van der Waals surface area contributed by atoms with Gasteiger partial charge in [-0.05, 0) is 80.3 Å². The second-order valence-corrected chi connectivity index (χ2v) is 9.10. The van der Waals surface area contributed by atoms with Gasteiger partial charge in [0.1, 0.15) is 5.75 Å². The lowest BCUT2D eigenvalue weighted by Gasteiger charge is -2.34. The normalized spacial score (nSPS) is 19.4. The van der Waals surface area contributed by atoms with Gasteiger partial charge in [0.15, 0.2) is 5.78 Å². The minimum absolute atomic E-state index is 0.0121. The van der Waals surface area contributed by atoms with Gasteiger partial charge in [-0.1, -0.05) is 49.7 Å². The van der Waals surface area contributed by atoms with Crippen LogP contribution >= 0.6 is 0 Å². The Hall–Kier alpha value is -2.66. The number of carbonyl (C=O) groups excluding carboxylic acids is 2. The van der Waals surface area contributed by atoms with E-state index >= 15 is 0 Å². The third-order valence-electron chi connectivity index (χ3n) is 6.95. The molecule has 0 aromatic heterocycles. The lowest BCUT2D eigenvalue weighted by Crippen LogP contribution is -2.37. The molecule has 2 N–H and O–H groups in total. The van der Waals surface area contributed by atoms with Gasteiger partial charge < -0.3 is 15.4 Å². The van der Waals surface area contributed by atoms with Crippen LogP contribution in [0.1, 0.15) is 54.1 Å². The van der Waals surface area contributed by atoms with Crippen LogP contribution in [0.4, 0.5) is 4.79 Å². The Bertz CT molecular complexity index is 922. The summed E-state index contributed by atoms with van der Waals surface area (Å²) in [5, 5.41) is 6.21. The standard InChI is InChI=1S/C27H34N2O3/c1-2-3-13-29-27(31)32-22-10-9-21-17-25(26(30)24(21)18-22)23(20-11-14-28-15-12-20)16-19-7-5-4-6-8-19/h4-10,18,20,23,25,28H,2-3,11-17H2,1H3,(H,29,31). The molecule has 170 valence electrons. The summed E-state index contributed by atoms with van der Waals surface area (Å²) in [7, 11) is 0. The minimum atomic E-state index is -0.461. The van der Waals surface area contributed by atoms with Crippen molar-refractivity contribution in [1.29, 1.82) is 0 Å². The highest BCUT2D eigenvalue weighted by molar-refractivity contribution is 6.02. The van der Waals surface area contributed by atoms with Crippen molar-refractivity contribution in [2.75, 3.05) is 19.6 Å². The van der Waals surface area contributed by atoms with Crippen molar-refractivity contribution in [2.45, 2.75) is 45.4 Å². The van der Waals surface area contributed by atoms with Crippen LogP contribution in [-0.4, -0.2) is 31.5 Å². The average molecular weight is 435 g/mol. The maximum absolute atomic E-state index is 13.5. The number of unbranched alkanes of at least 4 members (excludes halogenated alkanes) is 1. The molecule has 1 aliphatic heterocycles. The van der Waals surface area contributed by atoms with E-state index in [2.05, 4.69) is 41.8 Å². The second-order valence-electron chi connectivity index (χ2n) is 9.10. The van der Waals surface area contributed by atoms with E-state index in [-0.39, 0.29) is 11.7 Å². The topological polar surface area (TPSA) is 67.4 Å². The number of hydrogen-bond acceptors (Lipinski definition) is 4. The van der Waals surface area contributed by atoms with E-state index in [1.165, 1.54) is 5.56 Å². The number of fused-ring (bicyclic) bond motifs is 1. The zero-order valence-electron chi connectivity index (χ0n) is 18.9. The van der Waals surface area contributed by atoms with Crippen molar-refractivity contribution in [2.24, 2.45) is 17.8 Å². The Morgan fingerprint density at radius 3 is 2.69 bits per heavy atom. The fraction of sp³-hybridized carbons (Fsp3) is 0.481. The Kier molecular flexibility index (Phi) is 7.59. The first-order chi connectivity index (χ1) is 15.7. The second kappa shape index (κ2) is 10.8. The van der Waals surface area contributed by atoms with Crippen molar-refractivity contribution in [3.63, 3.8) is 0 Å². The molecule has 0 saturated carbocycles. The summed E-state index contributed by atoms with van der Waals surface area (Å²) in [5.74, 6) is 1.49. The van der Waals surface area contributed by atoms with Gasteiger partial charge in [0, 0.05) is 18.0 Å². The van der Waals surface area contributed by atoms with Crippen LogP contribution in [0.2, 0.25) is 0 Å². The molecular weight excluding hydrogens is 400 g/mol. The third kappa shape index (κ3) is 5.39. The molecule has 32 heavy (non-hydrogen) atoms. The largest absolute Gasteiger partial charge is 0.412 e. The number of Topliss-reactive ketones (excluding diaryl/α,β-unsaturated/α-hetero) is 1. The van der Waals surface area contributed by atoms with Crippen LogP contribution in [0.5, 0.6) is 5.75 Å². The van der Waals surface area contributed by atoms with E-state index in [1.807, 2.05) is 18.2 Å². The summed E-state index contributed by atoms with van der Waals surface area (Å²) in [6.07, 6.45) is 5.40. The molecule has 1 amide bonds. The number of carbonyl (C=O) groups is 2. The molecule has 0 bridgehead atoms. The van der Waals surface area contributed by atoms with Gasteiger partial charge in [0.25, 0.3) is 0 Å². The third-order valence-corrected chi connectivity index (χ3v) is 6.95. The summed E-state index contributed by atoms with van der Waals surface area (Å²) in [5.41, 5.74) is 3.10. The predicted molar refractivity (Wildman–Crippen MR) is 126 cm³/mol. The lowest BCUT2D eigenvalue weighted by molar-refractivity contribution is 0.0831. The van der Waals surface area contributed by atoms with Gasteiger partial charge in [-0.25, -0.2) is 4.79 Å². The van der Waals surface area contributed by atoms with Gasteiger partial charge in [-0.3, -0.25) is 4.79 Å². The number of benzene rings is 2. The van der Waals surface area contributed by atoms with Crippen LogP contribution in [-0.2, 0) is 12.8 Å². The maximum atomic E-state index is 13.5. The fourth-order valence-electron chi connectivity index (χ4n) is 5.21. The highest BCUT2D eigenvalue weighted by Crippen LogP contribution is 2.40. The zero-order valence-corrected chi connectivity index (χ0v) is 18.9. The molecule has 1 fully saturated rings. The molecule has 4 rings (SSSR count). The van der Waals surface area contributed by atoms with E-state index in [4.69, 9.17) is 4.74 Å². The first-order valence-electron chi connectivity index (χ1n) is 12.0. The van der Waals surface area contributed by atoms with Crippen molar-refractivity contribution in [3.05, 3.63) is 65.2 Å². The fourth-order valence-corrected chi connectivity index (χ4v) is 5.21. The van der Waals surface area contributed by atoms with Gasteiger partial charge in [-0.15, -0.1) is 0 Å². The summed E-state index contributed by atoms with van der Waals surface area (Å²) >= 11 is 0. The van der Waals surface area contributed by atoms with Crippen molar-refractivity contribution < 1.29 is 14.3 Å². The Morgan fingerprint density at radius 1 is 1.16 bits per heavy atom. The number of ketones is 1. The average Bonchev–Trinajstić information content (AvgIpc) is 3.14. The molecule has 5 heteroatoms. The Balaban J connectivity index is 1.50. The molecule has 2 aromatic carbocycles. The van der Waals surface area contributed by atoms with E-state index in [0.717, 1.165) is 62.7 Å². The summed E-state index contributed by atoms with van der Waals surface area (Å²) < 4.78 is 5.43. The van der Waals surface area contributed by atoms with Gasteiger partial charge in [0.2, 0.25) is 0 Å². The van der Waals surface area contributed by atoms with Crippen LogP contribution in [0.3, 0.4) is 0 Å². The smallest absolute Gasteiger partial charge is 0.410 e. The van der Waals surface area contributed by atoms with Crippen LogP contribution in [0, 0.1) is 17.8 Å². The SMILES string of the molecule is CCCCNC(=O)Oc1ccc2c(c1)C(=O)C(C(Cc1ccccc1)C1CCNCC1)C2. The van der Waals surface area contributed by atoms with Crippen molar-refractivity contribution >= 4 is 11.9 Å². The predicted octanol–water partition coefficient (Wildman–Crippen LogP) is 4.79. The summed E-state index contributed by atoms with van der Waals surface area (Å²) in [6, 6.07) is 16.1. The number of piperidine rings is 1. The molecule has 1 saturated heterocycles. The van der Waals surface area contributed by atoms with E-state index in [9.17, 15) is 9.59 Å². The van der Waals surface area contributed by atoms with Crippen LogP contribution in [0.25, 0.3) is 0 Å².